The van der Waals surface area contributed by atoms with Gasteiger partial charge in [-0.15, -0.1) is 0 Å². The predicted molar refractivity (Wildman–Crippen MR) is 31.9 cm³/mol. The molecule has 0 spiro atoms. The number of rotatable bonds is 2. The third-order valence-corrected chi connectivity index (χ3v) is 0.695. The molecule has 0 unspecified atom stereocenters. The van der Waals surface area contributed by atoms with E-state index in [4.69, 9.17) is 19.8 Å². The topological polar surface area (TPSA) is 107 Å². The van der Waals surface area contributed by atoms with Crippen molar-refractivity contribution < 1.29 is 78.2 Å². The van der Waals surface area contributed by atoms with Crippen molar-refractivity contribution in [3.63, 3.8) is 0 Å². The van der Waals surface area contributed by atoms with Crippen LogP contribution in [0.4, 0.5) is 0 Å². The van der Waals surface area contributed by atoms with E-state index in [0.29, 0.717) is 0 Å². The Labute approximate surface area is 136 Å². The van der Waals surface area contributed by atoms with Crippen LogP contribution in [0.3, 0.4) is 0 Å². The molecule has 0 rings (SSSR count). The summed E-state index contributed by atoms with van der Waals surface area (Å²) in [6.07, 6.45) is 0. The van der Waals surface area contributed by atoms with E-state index >= 15 is 0 Å². The first-order valence-corrected chi connectivity index (χ1v) is 3.05. The molecule has 0 aliphatic carbocycles. The molecule has 0 bridgehead atoms. The van der Waals surface area contributed by atoms with E-state index in [2.05, 4.69) is 4.44 Å². The molecule has 0 heterocycles. The van der Waals surface area contributed by atoms with E-state index in [-0.39, 0.29) is 94.9 Å². The Bertz CT molecular complexity index is 110. The summed E-state index contributed by atoms with van der Waals surface area (Å²) in [5.74, 6) is 0. The molecule has 0 aromatic rings. The Morgan fingerprint density at radius 1 is 1.30 bits per heavy atom. The molecule has 0 amide bonds. The summed E-state index contributed by atoms with van der Waals surface area (Å²) >= 11 is 0. The summed E-state index contributed by atoms with van der Waals surface area (Å²) < 4.78 is 12.8. The fourth-order valence-electron chi connectivity index (χ4n) is 0.123. The van der Waals surface area contributed by atoms with Crippen LogP contribution in [0.15, 0.2) is 0 Å². The van der Waals surface area contributed by atoms with Crippen LogP contribution < -0.4 is 0 Å². The molecule has 0 atom stereocenters. The van der Waals surface area contributed by atoms with Gasteiger partial charge in [0.1, 0.15) is 0 Å². The van der Waals surface area contributed by atoms with Gasteiger partial charge in [0.2, 0.25) is 0 Å². The Morgan fingerprint density at radius 2 is 1.60 bits per heavy atom. The Hall–Kier alpha value is 3.16. The van der Waals surface area contributed by atoms with Crippen LogP contribution in [0.2, 0.25) is 0 Å². The van der Waals surface area contributed by atoms with Gasteiger partial charge in [0.25, 0.3) is 0 Å². The molecule has 10 heavy (non-hydrogen) atoms. The molecule has 0 aromatic heterocycles. The van der Waals surface area contributed by atoms with Crippen molar-refractivity contribution in [2.75, 3.05) is 0 Å². The average Bonchev–Trinajstić information content (AvgIpc) is 1.21. The normalized spacial score (nSPS) is 9.20. The number of hydrogen-bond acceptors (Lipinski definition) is 4. The van der Waals surface area contributed by atoms with E-state index in [1.54, 1.807) is 0 Å². The average molecular weight is 383 g/mol. The first-order valence-electron chi connectivity index (χ1n) is 1.52. The third kappa shape index (κ3) is 17.3. The predicted octanol–water partition coefficient (Wildman–Crippen LogP) is -2.85. The first-order chi connectivity index (χ1) is 3.42. The second-order valence-corrected chi connectivity index (χ2v) is 2.11. The van der Waals surface area contributed by atoms with Crippen LogP contribution >= 0.6 is 7.82 Å². The molecule has 0 saturated heterocycles. The molecule has 0 aromatic carbocycles. The van der Waals surface area contributed by atoms with E-state index in [1.165, 1.54) is 0 Å². The van der Waals surface area contributed by atoms with E-state index in [1.807, 2.05) is 0 Å². The summed E-state index contributed by atoms with van der Waals surface area (Å²) in [7, 11) is -7.14. The van der Waals surface area contributed by atoms with Crippen molar-refractivity contribution in [2.24, 2.45) is 0 Å². The van der Waals surface area contributed by atoms with Gasteiger partial charge in [0, 0.05) is 49.4 Å². The van der Waals surface area contributed by atoms with Crippen LogP contribution in [-0.2, 0) is 9.01 Å². The summed E-state index contributed by atoms with van der Waals surface area (Å²) in [6, 6.07) is 0. The van der Waals surface area contributed by atoms with Crippen LogP contribution in [-0.4, -0.2) is 72.6 Å². The minimum atomic E-state index is -4.72. The molecule has 4 N–H and O–H groups in total. The van der Waals surface area contributed by atoms with Crippen molar-refractivity contribution >= 4 is 60.6 Å². The zero-order chi connectivity index (χ0) is 6.78. The van der Waals surface area contributed by atoms with Gasteiger partial charge < -0.3 is 19.8 Å². The molecular formula is H6BEuO6PSr. The second-order valence-electron chi connectivity index (χ2n) is 0.922. The van der Waals surface area contributed by atoms with Crippen molar-refractivity contribution in [1.82, 2.24) is 0 Å². The quantitative estimate of drug-likeness (QED) is 0.302. The molecular weight excluding hydrogens is 377 g/mol. The van der Waals surface area contributed by atoms with Gasteiger partial charge in [-0.05, 0) is 0 Å². The van der Waals surface area contributed by atoms with Gasteiger partial charge in [-0.25, -0.2) is 4.57 Å². The summed E-state index contributed by atoms with van der Waals surface area (Å²) in [5, 5.41) is 15.5. The van der Waals surface area contributed by atoms with Gasteiger partial charge in [-0.2, -0.15) is 0 Å². The van der Waals surface area contributed by atoms with E-state index < -0.39 is 15.1 Å². The second kappa shape index (κ2) is 8.74. The van der Waals surface area contributed by atoms with Crippen LogP contribution in [0.25, 0.3) is 0 Å². The van der Waals surface area contributed by atoms with Gasteiger partial charge >= 0.3 is 60.6 Å². The standard InChI is InChI=1S/BH4O6P.Eu.Sr.2H/c2-1(3)7-8(4,5)6;;;;/h2-3H,(H2,4,5,6);;;;. The van der Waals surface area contributed by atoms with Gasteiger partial charge in [-0.3, -0.25) is 4.44 Å². The number of phosphoric acid groups is 1. The fraction of sp³-hybridized carbons (Fsp3) is 0. The van der Waals surface area contributed by atoms with E-state index in [9.17, 15) is 4.57 Å². The van der Waals surface area contributed by atoms with Crippen molar-refractivity contribution in [1.29, 1.82) is 0 Å². The molecule has 1 radical (unpaired) electrons. The Balaban J connectivity index is -0.000000245. The third-order valence-electron chi connectivity index (χ3n) is 0.232. The maximum absolute atomic E-state index is 9.59. The SMILES string of the molecule is O=P(O)(O)OB(O)O.[Eu].[SrH2]. The molecule has 0 saturated carbocycles. The molecule has 0 aliphatic heterocycles. The Morgan fingerprint density at radius 3 is 1.60 bits per heavy atom. The molecule has 0 aliphatic rings. The molecule has 10 heteroatoms. The van der Waals surface area contributed by atoms with Gasteiger partial charge in [0.15, 0.2) is 0 Å². The van der Waals surface area contributed by atoms with Crippen LogP contribution in [0.5, 0.6) is 0 Å². The van der Waals surface area contributed by atoms with Crippen LogP contribution in [0.1, 0.15) is 0 Å². The van der Waals surface area contributed by atoms with Crippen molar-refractivity contribution in [3.05, 3.63) is 0 Å². The van der Waals surface area contributed by atoms with Crippen molar-refractivity contribution in [2.45, 2.75) is 0 Å². The van der Waals surface area contributed by atoms with Gasteiger partial charge in [-0.1, -0.05) is 0 Å². The summed E-state index contributed by atoms with van der Waals surface area (Å²) in [4.78, 5) is 15.5. The fourth-order valence-corrected chi connectivity index (χ4v) is 0.368. The van der Waals surface area contributed by atoms with Crippen molar-refractivity contribution in [3.8, 4) is 0 Å². The Kier molecular flexibility index (Phi) is 16.5. The number of hydrogen-bond donors (Lipinski definition) is 4. The van der Waals surface area contributed by atoms with E-state index in [0.717, 1.165) is 0 Å². The van der Waals surface area contributed by atoms with Gasteiger partial charge in [0.05, 0.1) is 0 Å². The van der Waals surface area contributed by atoms with Crippen LogP contribution in [0, 0.1) is 49.4 Å². The first kappa shape index (κ1) is 18.9. The minimum absolute atomic E-state index is 0. The molecule has 6 nitrogen and oxygen atoms in total. The zero-order valence-electron chi connectivity index (χ0n) is 4.01. The zero-order valence-corrected chi connectivity index (χ0v) is 7.33. The molecule has 0 fully saturated rings. The summed E-state index contributed by atoms with van der Waals surface area (Å²) in [5.41, 5.74) is 0. The molecule has 59 valence electrons. The maximum atomic E-state index is 9.59. The summed E-state index contributed by atoms with van der Waals surface area (Å²) in [6.45, 7) is 0. The monoisotopic (exact) mass is 385 g/mol.